The minimum absolute atomic E-state index is 0.0808. The first-order valence-corrected chi connectivity index (χ1v) is 7.88. The molecule has 0 aliphatic carbocycles. The number of aliphatic hydroxyl groups is 1. The van der Waals surface area contributed by atoms with Gasteiger partial charge in [-0.2, -0.15) is 0 Å². The fourth-order valence-electron chi connectivity index (χ4n) is 2.99. The summed E-state index contributed by atoms with van der Waals surface area (Å²) in [6.45, 7) is 4.98. The van der Waals surface area contributed by atoms with Crippen molar-refractivity contribution in [3.05, 3.63) is 71.8 Å². The second kappa shape index (κ2) is 7.39. The number of benzene rings is 2. The molecule has 1 heterocycles. The lowest BCUT2D eigenvalue weighted by atomic mass is 9.79. The van der Waals surface area contributed by atoms with Gasteiger partial charge in [-0.15, -0.1) is 0 Å². The average Bonchev–Trinajstić information content (AvgIpc) is 3.13. The molecule has 0 aromatic heterocycles. The van der Waals surface area contributed by atoms with Crippen molar-refractivity contribution in [3.63, 3.8) is 0 Å². The van der Waals surface area contributed by atoms with Gasteiger partial charge >= 0.3 is 0 Å². The average molecular weight is 283 g/mol. The van der Waals surface area contributed by atoms with Gasteiger partial charge in [0.15, 0.2) is 0 Å². The summed E-state index contributed by atoms with van der Waals surface area (Å²) in [5.74, 6) is 0. The van der Waals surface area contributed by atoms with Crippen LogP contribution in [-0.4, -0.2) is 17.7 Å². The van der Waals surface area contributed by atoms with E-state index >= 15 is 0 Å². The van der Waals surface area contributed by atoms with Crippen molar-refractivity contribution in [2.24, 2.45) is 0 Å². The first-order valence-electron chi connectivity index (χ1n) is 7.88. The molecule has 2 nitrogen and oxygen atoms in total. The van der Waals surface area contributed by atoms with Crippen LogP contribution in [0.25, 0.3) is 0 Å². The van der Waals surface area contributed by atoms with Crippen LogP contribution >= 0.6 is 0 Å². The van der Waals surface area contributed by atoms with Crippen molar-refractivity contribution in [1.29, 1.82) is 0 Å². The third kappa shape index (κ3) is 3.17. The molecule has 0 spiro atoms. The van der Waals surface area contributed by atoms with Crippen LogP contribution in [0, 0.1) is 0 Å². The van der Waals surface area contributed by atoms with E-state index in [0.29, 0.717) is 0 Å². The predicted molar refractivity (Wildman–Crippen MR) is 88.3 cm³/mol. The quantitative estimate of drug-likeness (QED) is 0.900. The zero-order valence-corrected chi connectivity index (χ0v) is 12.9. The standard InChI is InChI=1S/C17H19NO.C2H6/c19-17(16-12-7-13-18-16,14-8-3-1-4-9-14)15-10-5-2-6-11-15;1-2/h1-6,8-11,16,18-19H,7,12-13H2;1-2H3/t16-;/m1./s1. The van der Waals surface area contributed by atoms with Crippen LogP contribution in [0.1, 0.15) is 37.8 Å². The Hall–Kier alpha value is -1.64. The molecule has 21 heavy (non-hydrogen) atoms. The first-order chi connectivity index (χ1) is 10.3. The summed E-state index contributed by atoms with van der Waals surface area (Å²) < 4.78 is 0. The molecule has 1 fully saturated rings. The van der Waals surface area contributed by atoms with Gasteiger partial charge in [0.2, 0.25) is 0 Å². The number of hydrogen-bond donors (Lipinski definition) is 2. The summed E-state index contributed by atoms with van der Waals surface area (Å²) in [6.07, 6.45) is 2.12. The van der Waals surface area contributed by atoms with Crippen LogP contribution in [0.3, 0.4) is 0 Å². The SMILES string of the molecule is CC.OC(c1ccccc1)(c1ccccc1)[C@H]1CCCN1. The van der Waals surface area contributed by atoms with Crippen molar-refractivity contribution < 1.29 is 5.11 Å². The third-order valence-electron chi connectivity index (χ3n) is 3.99. The van der Waals surface area contributed by atoms with Crippen molar-refractivity contribution in [3.8, 4) is 0 Å². The summed E-state index contributed by atoms with van der Waals surface area (Å²) in [6, 6.07) is 20.0. The highest BCUT2D eigenvalue weighted by Crippen LogP contribution is 2.36. The zero-order valence-electron chi connectivity index (χ0n) is 12.9. The van der Waals surface area contributed by atoms with Gasteiger partial charge < -0.3 is 10.4 Å². The van der Waals surface area contributed by atoms with E-state index in [2.05, 4.69) is 5.32 Å². The van der Waals surface area contributed by atoms with Crippen molar-refractivity contribution >= 4 is 0 Å². The monoisotopic (exact) mass is 283 g/mol. The molecule has 2 N–H and O–H groups in total. The Balaban J connectivity index is 0.000000774. The molecule has 0 bridgehead atoms. The first kappa shape index (κ1) is 15.7. The summed E-state index contributed by atoms with van der Waals surface area (Å²) in [5, 5.41) is 14.8. The van der Waals surface area contributed by atoms with Crippen LogP contribution in [0.15, 0.2) is 60.7 Å². The highest BCUT2D eigenvalue weighted by atomic mass is 16.3. The Bertz CT molecular complexity index is 478. The molecule has 2 heteroatoms. The van der Waals surface area contributed by atoms with Crippen molar-refractivity contribution in [1.82, 2.24) is 5.32 Å². The summed E-state index contributed by atoms with van der Waals surface area (Å²) >= 11 is 0. The smallest absolute Gasteiger partial charge is 0.130 e. The van der Waals surface area contributed by atoms with Crippen LogP contribution in [-0.2, 0) is 5.60 Å². The Kier molecular flexibility index (Phi) is 5.54. The lowest BCUT2D eigenvalue weighted by Crippen LogP contribution is -2.46. The molecule has 0 amide bonds. The summed E-state index contributed by atoms with van der Waals surface area (Å²) in [4.78, 5) is 0. The number of nitrogens with one attached hydrogen (secondary N) is 1. The molecular formula is C19H25NO. The topological polar surface area (TPSA) is 32.3 Å². The van der Waals surface area contributed by atoms with Gasteiger partial charge in [0.1, 0.15) is 5.60 Å². The highest BCUT2D eigenvalue weighted by molar-refractivity contribution is 5.38. The minimum atomic E-state index is -0.945. The van der Waals surface area contributed by atoms with Gasteiger partial charge in [-0.1, -0.05) is 74.5 Å². The summed E-state index contributed by atoms with van der Waals surface area (Å²) in [7, 11) is 0. The van der Waals surface area contributed by atoms with Crippen LogP contribution in [0.2, 0.25) is 0 Å². The van der Waals surface area contributed by atoms with E-state index in [1.54, 1.807) is 0 Å². The number of rotatable bonds is 3. The largest absolute Gasteiger partial charge is 0.379 e. The van der Waals surface area contributed by atoms with E-state index in [9.17, 15) is 5.11 Å². The van der Waals surface area contributed by atoms with E-state index in [1.165, 1.54) is 0 Å². The van der Waals surface area contributed by atoms with Crippen molar-refractivity contribution in [2.45, 2.75) is 38.3 Å². The maximum absolute atomic E-state index is 11.4. The second-order valence-electron chi connectivity index (χ2n) is 5.15. The normalized spacial score (nSPS) is 18.0. The third-order valence-corrected chi connectivity index (χ3v) is 3.99. The number of hydrogen-bond acceptors (Lipinski definition) is 2. The predicted octanol–water partition coefficient (Wildman–Crippen LogP) is 3.70. The van der Waals surface area contributed by atoms with E-state index in [0.717, 1.165) is 30.5 Å². The molecule has 1 atom stereocenters. The van der Waals surface area contributed by atoms with Gasteiger partial charge in [0, 0.05) is 6.04 Å². The van der Waals surface area contributed by atoms with Gasteiger partial charge in [-0.25, -0.2) is 0 Å². The van der Waals surface area contributed by atoms with Gasteiger partial charge in [0.25, 0.3) is 0 Å². The molecule has 0 radical (unpaired) electrons. The zero-order chi connectivity index (χ0) is 15.1. The Morgan fingerprint density at radius 1 is 0.905 bits per heavy atom. The van der Waals surface area contributed by atoms with E-state index in [-0.39, 0.29) is 6.04 Å². The van der Waals surface area contributed by atoms with Gasteiger partial charge in [-0.05, 0) is 30.5 Å². The Labute approximate surface area is 127 Å². The molecular weight excluding hydrogens is 258 g/mol. The summed E-state index contributed by atoms with van der Waals surface area (Å²) in [5.41, 5.74) is 0.972. The second-order valence-corrected chi connectivity index (χ2v) is 5.15. The van der Waals surface area contributed by atoms with Crippen molar-refractivity contribution in [2.75, 3.05) is 6.54 Å². The molecule has 2 aromatic rings. The fraction of sp³-hybridized carbons (Fsp3) is 0.368. The molecule has 1 saturated heterocycles. The maximum atomic E-state index is 11.4. The fourth-order valence-corrected chi connectivity index (χ4v) is 2.99. The maximum Gasteiger partial charge on any atom is 0.130 e. The molecule has 0 unspecified atom stereocenters. The molecule has 112 valence electrons. The Morgan fingerprint density at radius 3 is 1.76 bits per heavy atom. The van der Waals surface area contributed by atoms with E-state index in [4.69, 9.17) is 0 Å². The molecule has 2 aromatic carbocycles. The van der Waals surface area contributed by atoms with Crippen LogP contribution in [0.4, 0.5) is 0 Å². The molecule has 1 aliphatic heterocycles. The minimum Gasteiger partial charge on any atom is -0.379 e. The van der Waals surface area contributed by atoms with Crippen LogP contribution < -0.4 is 5.32 Å². The lowest BCUT2D eigenvalue weighted by molar-refractivity contribution is 0.0442. The van der Waals surface area contributed by atoms with Crippen LogP contribution in [0.5, 0.6) is 0 Å². The molecule has 3 rings (SSSR count). The van der Waals surface area contributed by atoms with E-state index in [1.807, 2.05) is 74.5 Å². The Morgan fingerprint density at radius 2 is 1.38 bits per heavy atom. The molecule has 1 aliphatic rings. The highest BCUT2D eigenvalue weighted by Gasteiger charge is 2.41. The van der Waals surface area contributed by atoms with Gasteiger partial charge in [-0.3, -0.25) is 0 Å². The van der Waals surface area contributed by atoms with E-state index < -0.39 is 5.60 Å². The lowest BCUT2D eigenvalue weighted by Gasteiger charge is -2.35. The van der Waals surface area contributed by atoms with Gasteiger partial charge in [0.05, 0.1) is 0 Å². The molecule has 0 saturated carbocycles.